The molecular weight excluding hydrogens is 631 g/mol. The Balaban J connectivity index is 0.000000172. The van der Waals surface area contributed by atoms with E-state index in [-0.39, 0.29) is 33.3 Å². The molecule has 0 aliphatic heterocycles. The number of fused-ring (bicyclic) bond motifs is 3. The second-order valence-corrected chi connectivity index (χ2v) is 16.2. The maximum absolute atomic E-state index is 12.7. The van der Waals surface area contributed by atoms with E-state index in [1.54, 1.807) is 13.7 Å². The maximum atomic E-state index is 12.7. The van der Waals surface area contributed by atoms with Crippen LogP contribution >= 0.6 is 0 Å². The molecule has 3 heterocycles. The lowest BCUT2D eigenvalue weighted by Gasteiger charge is -2.23. The number of rotatable bonds is 0. The van der Waals surface area contributed by atoms with Crippen molar-refractivity contribution in [2.45, 2.75) is 107 Å². The Hall–Kier alpha value is -5.15. The summed E-state index contributed by atoms with van der Waals surface area (Å²) >= 11 is 0. The van der Waals surface area contributed by atoms with Gasteiger partial charge in [-0.15, -0.1) is 5.92 Å². The highest BCUT2D eigenvalue weighted by Gasteiger charge is 2.19. The molecule has 0 spiro atoms. The second-order valence-electron chi connectivity index (χ2n) is 16.2. The molecule has 0 amide bonds. The molecule has 0 saturated heterocycles. The zero-order chi connectivity index (χ0) is 38.1. The molecule has 6 aromatic rings. The predicted octanol–water partition coefficient (Wildman–Crippen LogP) is 9.57. The molecule has 6 nitrogen and oxygen atoms in total. The Kier molecular flexibility index (Phi) is 11.1. The van der Waals surface area contributed by atoms with Crippen molar-refractivity contribution in [2.75, 3.05) is 0 Å². The molecule has 266 valence electrons. The van der Waals surface area contributed by atoms with Crippen LogP contribution in [0.2, 0.25) is 0 Å². The third-order valence-electron chi connectivity index (χ3n) is 8.88. The minimum absolute atomic E-state index is 0.0576. The highest BCUT2D eigenvalue weighted by atomic mass is 16.1. The Morgan fingerprint density at radius 2 is 1.04 bits per heavy atom. The van der Waals surface area contributed by atoms with Crippen LogP contribution in [0.4, 0.5) is 0 Å². The summed E-state index contributed by atoms with van der Waals surface area (Å²) in [6.07, 6.45) is 5.63. The van der Waals surface area contributed by atoms with Crippen LogP contribution in [0, 0.1) is 32.6 Å². The van der Waals surface area contributed by atoms with Crippen LogP contribution < -0.4 is 16.7 Å². The fraction of sp³-hybridized carbons (Fsp3) is 0.356. The third-order valence-corrected chi connectivity index (χ3v) is 8.88. The van der Waals surface area contributed by atoms with Gasteiger partial charge in [-0.2, -0.15) is 0 Å². The molecule has 3 aromatic carbocycles. The van der Waals surface area contributed by atoms with Gasteiger partial charge in [-0.3, -0.25) is 14.4 Å². The van der Waals surface area contributed by atoms with Crippen molar-refractivity contribution in [3.8, 4) is 11.8 Å². The number of hydrogen-bond donors (Lipinski definition) is 0. The monoisotopic (exact) mass is 683 g/mol. The topological polar surface area (TPSA) is 66.0 Å². The molecule has 0 radical (unpaired) electrons. The van der Waals surface area contributed by atoms with E-state index in [1.165, 1.54) is 5.56 Å². The molecule has 6 rings (SSSR count). The van der Waals surface area contributed by atoms with Crippen LogP contribution in [0.25, 0.3) is 32.3 Å². The molecule has 0 aliphatic rings. The first-order chi connectivity index (χ1) is 23.7. The zero-order valence-electron chi connectivity index (χ0n) is 32.6. The summed E-state index contributed by atoms with van der Waals surface area (Å²) < 4.78 is 5.36. The molecule has 0 atom stereocenters. The van der Waals surface area contributed by atoms with Crippen molar-refractivity contribution < 1.29 is 0 Å². The summed E-state index contributed by atoms with van der Waals surface area (Å²) in [6.45, 7) is 26.1. The number of aromatic nitrogens is 3. The van der Waals surface area contributed by atoms with E-state index in [9.17, 15) is 14.4 Å². The van der Waals surface area contributed by atoms with Crippen LogP contribution in [0.5, 0.6) is 0 Å². The van der Waals surface area contributed by atoms with Gasteiger partial charge >= 0.3 is 0 Å². The van der Waals surface area contributed by atoms with Gasteiger partial charge in [0.05, 0.1) is 10.8 Å². The van der Waals surface area contributed by atoms with Gasteiger partial charge < -0.3 is 13.7 Å². The largest absolute Gasteiger partial charge is 0.310 e. The number of hydrogen-bond acceptors (Lipinski definition) is 3. The summed E-state index contributed by atoms with van der Waals surface area (Å²) in [7, 11) is 0. The lowest BCUT2D eigenvalue weighted by atomic mass is 10.0. The lowest BCUT2D eigenvalue weighted by Crippen LogP contribution is -2.34. The summed E-state index contributed by atoms with van der Waals surface area (Å²) in [5, 5.41) is 5.39. The summed E-state index contributed by atoms with van der Waals surface area (Å²) in [5.41, 5.74) is 3.79. The number of pyridine rings is 3. The lowest BCUT2D eigenvalue weighted by molar-refractivity contribution is 0.386. The van der Waals surface area contributed by atoms with Crippen molar-refractivity contribution >= 4 is 32.3 Å². The Morgan fingerprint density at radius 3 is 1.61 bits per heavy atom. The molecule has 3 aromatic heterocycles. The summed E-state index contributed by atoms with van der Waals surface area (Å²) in [5.74, 6) is 6.04. The molecule has 0 bridgehead atoms. The predicted molar refractivity (Wildman–Crippen MR) is 216 cm³/mol. The molecule has 0 aliphatic carbocycles. The average Bonchev–Trinajstić information content (AvgIpc) is 3.01. The number of benzene rings is 3. The van der Waals surface area contributed by atoms with Gasteiger partial charge in [-0.05, 0) is 130 Å². The first kappa shape index (κ1) is 38.6. The molecule has 6 heteroatoms. The standard InChI is InChI=1S/C17H19NO.2C14H17NO/c1-6-8-13-11-18(17(3,4)5)16(19)15-12(2)9-7-10-14(13)15;1-10-5-6-12-11(9-10)7-8-15(13(12)16)14(2,3)4;1-10-6-5-7-11-8-9-15(14(2,3)4)13(16)12(10)11/h7,9-11H,1-5H3;2*5-9H,1-4H3. The first-order valence-corrected chi connectivity index (χ1v) is 17.5. The quantitative estimate of drug-likeness (QED) is 0.150. The van der Waals surface area contributed by atoms with Crippen molar-refractivity contribution in [2.24, 2.45) is 0 Å². The van der Waals surface area contributed by atoms with E-state index in [0.717, 1.165) is 49.0 Å². The van der Waals surface area contributed by atoms with E-state index < -0.39 is 0 Å². The number of aryl methyl sites for hydroxylation is 3. The van der Waals surface area contributed by atoms with Gasteiger partial charge in [0.1, 0.15) is 0 Å². The molecule has 0 saturated carbocycles. The molecule has 0 unspecified atom stereocenters. The van der Waals surface area contributed by atoms with E-state index in [0.29, 0.717) is 0 Å². The summed E-state index contributed by atoms with van der Waals surface area (Å²) in [4.78, 5) is 37.3. The maximum Gasteiger partial charge on any atom is 0.259 e. The van der Waals surface area contributed by atoms with Crippen LogP contribution in [0.3, 0.4) is 0 Å². The van der Waals surface area contributed by atoms with Gasteiger partial charge in [0.2, 0.25) is 0 Å². The first-order valence-electron chi connectivity index (χ1n) is 17.5. The van der Waals surface area contributed by atoms with Crippen LogP contribution in [0.1, 0.15) is 91.5 Å². The SMILES string of the molecule is CC#Cc1cn(C(C)(C)C)c(=O)c2c(C)cccc12.Cc1ccc2c(=O)n(C(C)(C)C)ccc2c1.Cc1cccc2ccn(C(C)(C)C)c(=O)c12. The van der Waals surface area contributed by atoms with Gasteiger partial charge in [-0.25, -0.2) is 0 Å². The van der Waals surface area contributed by atoms with Gasteiger partial charge in [-0.1, -0.05) is 60.0 Å². The van der Waals surface area contributed by atoms with Crippen LogP contribution in [0.15, 0.2) is 99.7 Å². The van der Waals surface area contributed by atoms with Crippen molar-refractivity contribution in [3.63, 3.8) is 0 Å². The fourth-order valence-electron chi connectivity index (χ4n) is 6.17. The van der Waals surface area contributed by atoms with E-state index >= 15 is 0 Å². The van der Waals surface area contributed by atoms with Crippen molar-refractivity contribution in [3.05, 3.63) is 139 Å². The van der Waals surface area contributed by atoms with Crippen molar-refractivity contribution in [1.82, 2.24) is 13.7 Å². The van der Waals surface area contributed by atoms with Gasteiger partial charge in [0.15, 0.2) is 0 Å². The smallest absolute Gasteiger partial charge is 0.259 e. The zero-order valence-corrected chi connectivity index (χ0v) is 32.6. The van der Waals surface area contributed by atoms with Crippen LogP contribution in [-0.2, 0) is 16.6 Å². The highest BCUT2D eigenvalue weighted by Crippen LogP contribution is 2.22. The Labute approximate surface area is 302 Å². The van der Waals surface area contributed by atoms with E-state index in [1.807, 2.05) is 175 Å². The Bertz CT molecular complexity index is 2470. The minimum atomic E-state index is -0.252. The average molecular weight is 684 g/mol. The second kappa shape index (κ2) is 14.6. The van der Waals surface area contributed by atoms with Gasteiger partial charge in [0.25, 0.3) is 16.7 Å². The third kappa shape index (κ3) is 8.43. The van der Waals surface area contributed by atoms with Crippen molar-refractivity contribution in [1.29, 1.82) is 0 Å². The Morgan fingerprint density at radius 1 is 0.529 bits per heavy atom. The fourth-order valence-corrected chi connectivity index (χ4v) is 6.17. The number of nitrogens with zero attached hydrogens (tertiary/aromatic N) is 3. The van der Waals surface area contributed by atoms with Crippen LogP contribution in [-0.4, -0.2) is 13.7 Å². The van der Waals surface area contributed by atoms with E-state index in [2.05, 4.69) is 11.8 Å². The molecule has 0 N–H and O–H groups in total. The normalized spacial score (nSPS) is 11.7. The summed E-state index contributed by atoms with van der Waals surface area (Å²) in [6, 6.07) is 21.8. The molecule has 51 heavy (non-hydrogen) atoms. The minimum Gasteiger partial charge on any atom is -0.310 e. The molecular formula is C45H53N3O3. The van der Waals surface area contributed by atoms with E-state index in [4.69, 9.17) is 0 Å². The van der Waals surface area contributed by atoms with Gasteiger partial charge in [0, 0.05) is 51.5 Å². The highest BCUT2D eigenvalue weighted by molar-refractivity contribution is 5.90. The molecule has 0 fully saturated rings.